The molecule has 0 aromatic heterocycles. The molecule has 2 nitrogen and oxygen atoms in total. The molecule has 0 bridgehead atoms. The van der Waals surface area contributed by atoms with E-state index in [2.05, 4.69) is 48.3 Å². The monoisotopic (exact) mass is 204 g/mol. The fourth-order valence-electron chi connectivity index (χ4n) is 2.21. The van der Waals surface area contributed by atoms with Crippen molar-refractivity contribution >= 4 is 5.69 Å². The van der Waals surface area contributed by atoms with E-state index in [-0.39, 0.29) is 0 Å². The van der Waals surface area contributed by atoms with Crippen LogP contribution in [0.3, 0.4) is 0 Å². The summed E-state index contributed by atoms with van der Waals surface area (Å²) in [5.41, 5.74) is 2.70. The summed E-state index contributed by atoms with van der Waals surface area (Å²) in [6.07, 6.45) is 1.27. The quantitative estimate of drug-likeness (QED) is 0.812. The molecule has 0 radical (unpaired) electrons. The van der Waals surface area contributed by atoms with Gasteiger partial charge >= 0.3 is 0 Å². The summed E-state index contributed by atoms with van der Waals surface area (Å²) >= 11 is 0. The molecule has 1 atom stereocenters. The van der Waals surface area contributed by atoms with E-state index in [1.165, 1.54) is 24.2 Å². The van der Waals surface area contributed by atoms with Crippen molar-refractivity contribution in [2.75, 3.05) is 24.5 Å². The number of nitrogens with zero attached hydrogens (tertiary/aromatic N) is 1. The number of benzene rings is 1. The van der Waals surface area contributed by atoms with Gasteiger partial charge < -0.3 is 10.2 Å². The van der Waals surface area contributed by atoms with Gasteiger partial charge in [-0.25, -0.2) is 0 Å². The van der Waals surface area contributed by atoms with Crippen LogP contribution in [0.4, 0.5) is 5.69 Å². The van der Waals surface area contributed by atoms with Crippen molar-refractivity contribution in [1.29, 1.82) is 0 Å². The summed E-state index contributed by atoms with van der Waals surface area (Å²) < 4.78 is 0. The third kappa shape index (κ3) is 2.51. The number of hydrogen-bond acceptors (Lipinski definition) is 2. The van der Waals surface area contributed by atoms with Crippen LogP contribution >= 0.6 is 0 Å². The highest BCUT2D eigenvalue weighted by Gasteiger charge is 2.21. The smallest absolute Gasteiger partial charge is 0.0366 e. The minimum absolute atomic E-state index is 0.677. The van der Waals surface area contributed by atoms with Gasteiger partial charge in [0.25, 0.3) is 0 Å². The first-order valence-electron chi connectivity index (χ1n) is 5.84. The van der Waals surface area contributed by atoms with E-state index in [0.717, 1.165) is 13.1 Å². The predicted octanol–water partition coefficient (Wildman–Crippen LogP) is 2.18. The molecule has 0 saturated carbocycles. The predicted molar refractivity (Wildman–Crippen MR) is 65.5 cm³/mol. The Morgan fingerprint density at radius 2 is 2.07 bits per heavy atom. The lowest BCUT2D eigenvalue weighted by molar-refractivity contribution is 0.572. The lowest BCUT2D eigenvalue weighted by Gasteiger charge is -2.19. The van der Waals surface area contributed by atoms with Crippen LogP contribution in [0.15, 0.2) is 24.3 Å². The molecule has 1 aromatic rings. The van der Waals surface area contributed by atoms with Crippen molar-refractivity contribution in [3.05, 3.63) is 29.8 Å². The summed E-state index contributed by atoms with van der Waals surface area (Å²) in [5.74, 6) is 0. The average molecular weight is 204 g/mol. The Kier molecular flexibility index (Phi) is 3.27. The molecule has 1 aromatic carbocycles. The van der Waals surface area contributed by atoms with Crippen LogP contribution in [0, 0.1) is 6.92 Å². The normalized spacial score (nSPS) is 20.9. The van der Waals surface area contributed by atoms with Gasteiger partial charge in [-0.1, -0.05) is 24.6 Å². The molecule has 2 heteroatoms. The minimum atomic E-state index is 0.677. The highest BCUT2D eigenvalue weighted by molar-refractivity contribution is 5.48. The standard InChI is InChI=1S/C13H20N2/c1-3-14-12-8-9-15(10-12)13-6-4-11(2)5-7-13/h4-7,12,14H,3,8-10H2,1-2H3. The van der Waals surface area contributed by atoms with Crippen LogP contribution in [0.1, 0.15) is 18.9 Å². The van der Waals surface area contributed by atoms with Crippen LogP contribution < -0.4 is 10.2 Å². The van der Waals surface area contributed by atoms with Gasteiger partial charge in [-0.05, 0) is 32.0 Å². The third-order valence-electron chi connectivity index (χ3n) is 3.08. The lowest BCUT2D eigenvalue weighted by Crippen LogP contribution is -2.32. The Hall–Kier alpha value is -1.02. The lowest BCUT2D eigenvalue weighted by atomic mass is 10.2. The molecule has 1 fully saturated rings. The average Bonchev–Trinajstić information content (AvgIpc) is 2.68. The van der Waals surface area contributed by atoms with Crippen LogP contribution in [-0.4, -0.2) is 25.7 Å². The second-order valence-electron chi connectivity index (χ2n) is 4.32. The topological polar surface area (TPSA) is 15.3 Å². The van der Waals surface area contributed by atoms with Crippen LogP contribution in [-0.2, 0) is 0 Å². The zero-order valence-corrected chi connectivity index (χ0v) is 9.66. The van der Waals surface area contributed by atoms with Gasteiger partial charge in [-0.3, -0.25) is 0 Å². The molecule has 0 aliphatic carbocycles. The zero-order valence-electron chi connectivity index (χ0n) is 9.66. The number of anilines is 1. The molecule has 1 unspecified atom stereocenters. The molecule has 2 rings (SSSR count). The second kappa shape index (κ2) is 4.67. The van der Waals surface area contributed by atoms with Crippen molar-refractivity contribution in [2.45, 2.75) is 26.3 Å². The summed E-state index contributed by atoms with van der Waals surface area (Å²) in [6.45, 7) is 7.72. The minimum Gasteiger partial charge on any atom is -0.370 e. The van der Waals surface area contributed by atoms with Crippen molar-refractivity contribution in [3.63, 3.8) is 0 Å². The number of likely N-dealkylation sites (N-methyl/N-ethyl adjacent to an activating group) is 1. The van der Waals surface area contributed by atoms with Gasteiger partial charge in [0.1, 0.15) is 0 Å². The molecule has 1 aliphatic heterocycles. The molecular weight excluding hydrogens is 184 g/mol. The fourth-order valence-corrected chi connectivity index (χ4v) is 2.21. The molecule has 1 N–H and O–H groups in total. The SMILES string of the molecule is CCNC1CCN(c2ccc(C)cc2)C1. The van der Waals surface area contributed by atoms with Gasteiger partial charge in [0, 0.05) is 24.8 Å². The van der Waals surface area contributed by atoms with Crippen LogP contribution in [0.2, 0.25) is 0 Å². The summed E-state index contributed by atoms with van der Waals surface area (Å²) in [5, 5.41) is 3.51. The van der Waals surface area contributed by atoms with Gasteiger partial charge in [0.15, 0.2) is 0 Å². The molecule has 1 saturated heterocycles. The Balaban J connectivity index is 1.98. The van der Waals surface area contributed by atoms with Crippen LogP contribution in [0.5, 0.6) is 0 Å². The van der Waals surface area contributed by atoms with Crippen molar-refractivity contribution in [3.8, 4) is 0 Å². The zero-order chi connectivity index (χ0) is 10.7. The summed E-state index contributed by atoms with van der Waals surface area (Å²) in [7, 11) is 0. The van der Waals surface area contributed by atoms with Crippen molar-refractivity contribution < 1.29 is 0 Å². The highest BCUT2D eigenvalue weighted by Crippen LogP contribution is 2.20. The Morgan fingerprint density at radius 3 is 2.73 bits per heavy atom. The third-order valence-corrected chi connectivity index (χ3v) is 3.08. The Bertz CT molecular complexity index is 305. The van der Waals surface area contributed by atoms with Gasteiger partial charge in [0.05, 0.1) is 0 Å². The summed E-state index contributed by atoms with van der Waals surface area (Å²) in [4.78, 5) is 2.47. The molecule has 1 aliphatic rings. The van der Waals surface area contributed by atoms with Crippen LogP contribution in [0.25, 0.3) is 0 Å². The molecule has 15 heavy (non-hydrogen) atoms. The van der Waals surface area contributed by atoms with Gasteiger partial charge in [-0.15, -0.1) is 0 Å². The first-order valence-corrected chi connectivity index (χ1v) is 5.84. The fraction of sp³-hybridized carbons (Fsp3) is 0.538. The van der Waals surface area contributed by atoms with Crippen molar-refractivity contribution in [2.24, 2.45) is 0 Å². The van der Waals surface area contributed by atoms with E-state index in [1.54, 1.807) is 0 Å². The highest BCUT2D eigenvalue weighted by atomic mass is 15.2. The summed E-state index contributed by atoms with van der Waals surface area (Å²) in [6, 6.07) is 9.51. The molecule has 1 heterocycles. The van der Waals surface area contributed by atoms with Crippen molar-refractivity contribution in [1.82, 2.24) is 5.32 Å². The van der Waals surface area contributed by atoms with E-state index in [9.17, 15) is 0 Å². The molecular formula is C13H20N2. The number of hydrogen-bond donors (Lipinski definition) is 1. The maximum absolute atomic E-state index is 3.51. The first-order chi connectivity index (χ1) is 7.29. The molecule has 82 valence electrons. The Labute approximate surface area is 92.3 Å². The number of rotatable bonds is 3. The Morgan fingerprint density at radius 1 is 1.33 bits per heavy atom. The van der Waals surface area contributed by atoms with E-state index >= 15 is 0 Å². The van der Waals surface area contributed by atoms with E-state index in [0.29, 0.717) is 6.04 Å². The van der Waals surface area contributed by atoms with Gasteiger partial charge in [-0.2, -0.15) is 0 Å². The van der Waals surface area contributed by atoms with Gasteiger partial charge in [0.2, 0.25) is 0 Å². The first kappa shape index (κ1) is 10.5. The molecule has 0 amide bonds. The maximum Gasteiger partial charge on any atom is 0.0366 e. The molecule has 0 spiro atoms. The van der Waals surface area contributed by atoms with E-state index in [1.807, 2.05) is 0 Å². The maximum atomic E-state index is 3.51. The largest absolute Gasteiger partial charge is 0.370 e. The number of aryl methyl sites for hydroxylation is 1. The van der Waals surface area contributed by atoms with E-state index in [4.69, 9.17) is 0 Å². The second-order valence-corrected chi connectivity index (χ2v) is 4.32. The number of nitrogens with one attached hydrogen (secondary N) is 1. The van der Waals surface area contributed by atoms with E-state index < -0.39 is 0 Å².